The van der Waals surface area contributed by atoms with Crippen LogP contribution in [0.3, 0.4) is 0 Å². The van der Waals surface area contributed by atoms with E-state index in [0.29, 0.717) is 6.04 Å². The van der Waals surface area contributed by atoms with E-state index in [2.05, 4.69) is 65.8 Å². The second kappa shape index (κ2) is 10.9. The molecule has 5 heteroatoms. The van der Waals surface area contributed by atoms with Crippen molar-refractivity contribution in [3.8, 4) is 0 Å². The van der Waals surface area contributed by atoms with Gasteiger partial charge < -0.3 is 15.5 Å². The minimum atomic E-state index is 0. The number of nitrogens with one attached hydrogen (secondary N) is 2. The zero-order valence-electron chi connectivity index (χ0n) is 15.5. The first-order valence-electron chi connectivity index (χ1n) is 8.76. The van der Waals surface area contributed by atoms with Crippen LogP contribution in [0, 0.1) is 5.92 Å². The summed E-state index contributed by atoms with van der Waals surface area (Å²) in [5.41, 5.74) is 2.63. The molecule has 0 spiro atoms. The molecule has 2 N–H and O–H groups in total. The summed E-state index contributed by atoms with van der Waals surface area (Å²) in [6.07, 6.45) is 5.15. The Morgan fingerprint density at radius 3 is 2.21 bits per heavy atom. The van der Waals surface area contributed by atoms with Crippen molar-refractivity contribution in [1.82, 2.24) is 15.5 Å². The van der Waals surface area contributed by atoms with Gasteiger partial charge in [0.25, 0.3) is 0 Å². The van der Waals surface area contributed by atoms with Crippen molar-refractivity contribution in [2.24, 2.45) is 10.9 Å². The van der Waals surface area contributed by atoms with Crippen LogP contribution in [0.15, 0.2) is 29.3 Å². The third kappa shape index (κ3) is 7.38. The van der Waals surface area contributed by atoms with Gasteiger partial charge in [-0.25, -0.2) is 0 Å². The number of nitrogens with zero attached hydrogens (tertiary/aromatic N) is 2. The predicted molar refractivity (Wildman–Crippen MR) is 114 cm³/mol. The summed E-state index contributed by atoms with van der Waals surface area (Å²) in [7, 11) is 6.04. The van der Waals surface area contributed by atoms with Crippen molar-refractivity contribution >= 4 is 29.9 Å². The van der Waals surface area contributed by atoms with Gasteiger partial charge in [0.05, 0.1) is 0 Å². The molecule has 1 fully saturated rings. The number of rotatable bonds is 5. The number of hydrogen-bond donors (Lipinski definition) is 2. The maximum atomic E-state index is 4.36. The molecular weight excluding hydrogens is 411 g/mol. The highest BCUT2D eigenvalue weighted by Crippen LogP contribution is 2.23. The Morgan fingerprint density at radius 1 is 1.08 bits per heavy atom. The van der Waals surface area contributed by atoms with Gasteiger partial charge in [-0.15, -0.1) is 24.0 Å². The normalized spacial score (nSPS) is 21.3. The van der Waals surface area contributed by atoms with Gasteiger partial charge in [0.2, 0.25) is 0 Å². The summed E-state index contributed by atoms with van der Waals surface area (Å²) < 4.78 is 0. The van der Waals surface area contributed by atoms with Crippen LogP contribution in [0.5, 0.6) is 0 Å². The van der Waals surface area contributed by atoms with Gasteiger partial charge in [-0.1, -0.05) is 31.2 Å². The highest BCUT2D eigenvalue weighted by Gasteiger charge is 2.18. The molecule has 0 aromatic heterocycles. The molecule has 1 saturated carbocycles. The largest absolute Gasteiger partial charge is 0.354 e. The summed E-state index contributed by atoms with van der Waals surface area (Å²) in [5.74, 6) is 1.80. The SMILES string of the molecule is CN=C(NCc1ccc(CN(C)C)cc1)NC1CCC(C)CC1.I. The maximum absolute atomic E-state index is 4.36. The van der Waals surface area contributed by atoms with Gasteiger partial charge in [0.1, 0.15) is 0 Å². The summed E-state index contributed by atoms with van der Waals surface area (Å²) in [4.78, 5) is 6.55. The van der Waals surface area contributed by atoms with Crippen LogP contribution < -0.4 is 10.6 Å². The van der Waals surface area contributed by atoms with Crippen LogP contribution in [0.2, 0.25) is 0 Å². The van der Waals surface area contributed by atoms with Crippen molar-refractivity contribution in [3.63, 3.8) is 0 Å². The first-order valence-corrected chi connectivity index (χ1v) is 8.76. The Balaban J connectivity index is 0.00000288. The van der Waals surface area contributed by atoms with Crippen molar-refractivity contribution in [3.05, 3.63) is 35.4 Å². The fourth-order valence-electron chi connectivity index (χ4n) is 3.11. The summed E-state index contributed by atoms with van der Waals surface area (Å²) in [5, 5.41) is 7.00. The molecule has 1 aliphatic carbocycles. The van der Waals surface area contributed by atoms with E-state index in [0.717, 1.165) is 25.0 Å². The molecule has 1 aromatic rings. The minimum absolute atomic E-state index is 0. The lowest BCUT2D eigenvalue weighted by Gasteiger charge is -2.28. The van der Waals surface area contributed by atoms with E-state index in [9.17, 15) is 0 Å². The fourth-order valence-corrected chi connectivity index (χ4v) is 3.11. The Kier molecular flexibility index (Phi) is 9.66. The standard InChI is InChI=1S/C19H32N4.HI/c1-15-5-11-18(12-6-15)22-19(20-2)21-13-16-7-9-17(10-8-16)14-23(3)4;/h7-10,15,18H,5-6,11-14H2,1-4H3,(H2,20,21,22);1H. The van der Waals surface area contributed by atoms with Crippen molar-refractivity contribution in [2.45, 2.75) is 51.7 Å². The molecule has 1 aromatic carbocycles. The molecule has 2 rings (SSSR count). The zero-order chi connectivity index (χ0) is 16.7. The molecule has 0 heterocycles. The van der Waals surface area contributed by atoms with Crippen molar-refractivity contribution < 1.29 is 0 Å². The number of guanidine groups is 1. The van der Waals surface area contributed by atoms with Gasteiger partial charge in [0.15, 0.2) is 5.96 Å². The summed E-state index contributed by atoms with van der Waals surface area (Å²) in [6, 6.07) is 9.37. The Bertz CT molecular complexity index is 491. The van der Waals surface area contributed by atoms with Crippen LogP contribution in [-0.2, 0) is 13.1 Å². The first-order chi connectivity index (χ1) is 11.1. The van der Waals surface area contributed by atoms with Crippen LogP contribution in [-0.4, -0.2) is 38.0 Å². The number of hydrogen-bond acceptors (Lipinski definition) is 2. The molecule has 0 aliphatic heterocycles. The quantitative estimate of drug-likeness (QED) is 0.414. The Hall–Kier alpha value is -0.820. The molecule has 0 saturated heterocycles. The van der Waals surface area contributed by atoms with Crippen LogP contribution in [0.1, 0.15) is 43.7 Å². The molecule has 4 nitrogen and oxygen atoms in total. The predicted octanol–water partition coefficient (Wildman–Crippen LogP) is 3.61. The molecule has 0 unspecified atom stereocenters. The number of halogens is 1. The number of aliphatic imine (C=N–C) groups is 1. The second-order valence-corrected chi connectivity index (χ2v) is 7.08. The van der Waals surface area contributed by atoms with E-state index in [1.807, 2.05) is 7.05 Å². The first kappa shape index (κ1) is 21.2. The minimum Gasteiger partial charge on any atom is -0.354 e. The van der Waals surface area contributed by atoms with Crippen LogP contribution in [0.25, 0.3) is 0 Å². The lowest BCUT2D eigenvalue weighted by Crippen LogP contribution is -2.44. The fraction of sp³-hybridized carbons (Fsp3) is 0.632. The molecule has 0 bridgehead atoms. The molecule has 0 radical (unpaired) electrons. The van der Waals surface area contributed by atoms with Gasteiger partial charge in [-0.05, 0) is 56.8 Å². The van der Waals surface area contributed by atoms with Crippen LogP contribution >= 0.6 is 24.0 Å². The summed E-state index contributed by atoms with van der Waals surface area (Å²) >= 11 is 0. The van der Waals surface area contributed by atoms with E-state index < -0.39 is 0 Å². The molecule has 0 atom stereocenters. The van der Waals surface area contributed by atoms with Gasteiger partial charge in [-0.2, -0.15) is 0 Å². The Labute approximate surface area is 164 Å². The van der Waals surface area contributed by atoms with E-state index in [4.69, 9.17) is 0 Å². The second-order valence-electron chi connectivity index (χ2n) is 7.08. The highest BCUT2D eigenvalue weighted by molar-refractivity contribution is 14.0. The third-order valence-corrected chi connectivity index (χ3v) is 4.56. The molecule has 0 amide bonds. The highest BCUT2D eigenvalue weighted by atomic mass is 127. The van der Waals surface area contributed by atoms with Gasteiger partial charge in [0, 0.05) is 26.2 Å². The molecule has 136 valence electrons. The van der Waals surface area contributed by atoms with E-state index in [-0.39, 0.29) is 24.0 Å². The van der Waals surface area contributed by atoms with Gasteiger partial charge >= 0.3 is 0 Å². The zero-order valence-corrected chi connectivity index (χ0v) is 17.8. The molecular formula is C19H33IN4. The molecule has 1 aliphatic rings. The average Bonchev–Trinajstić information content (AvgIpc) is 2.54. The van der Waals surface area contributed by atoms with Crippen LogP contribution in [0.4, 0.5) is 0 Å². The topological polar surface area (TPSA) is 39.7 Å². The smallest absolute Gasteiger partial charge is 0.191 e. The van der Waals surface area contributed by atoms with Crippen molar-refractivity contribution in [1.29, 1.82) is 0 Å². The Morgan fingerprint density at radius 2 is 1.67 bits per heavy atom. The average molecular weight is 444 g/mol. The maximum Gasteiger partial charge on any atom is 0.191 e. The monoisotopic (exact) mass is 444 g/mol. The van der Waals surface area contributed by atoms with Gasteiger partial charge in [-0.3, -0.25) is 4.99 Å². The lowest BCUT2D eigenvalue weighted by molar-refractivity contribution is 0.329. The lowest BCUT2D eigenvalue weighted by atomic mass is 9.87. The van der Waals surface area contributed by atoms with E-state index >= 15 is 0 Å². The van der Waals surface area contributed by atoms with E-state index in [1.165, 1.54) is 36.8 Å². The molecule has 24 heavy (non-hydrogen) atoms. The van der Waals surface area contributed by atoms with Crippen molar-refractivity contribution in [2.75, 3.05) is 21.1 Å². The van der Waals surface area contributed by atoms with E-state index in [1.54, 1.807) is 0 Å². The summed E-state index contributed by atoms with van der Waals surface area (Å²) in [6.45, 7) is 4.14. The third-order valence-electron chi connectivity index (χ3n) is 4.56. The number of benzene rings is 1.